The zero-order valence-corrected chi connectivity index (χ0v) is 9.72. The third-order valence-electron chi connectivity index (χ3n) is 2.78. The quantitative estimate of drug-likeness (QED) is 0.778. The molecule has 14 heavy (non-hydrogen) atoms. The van der Waals surface area contributed by atoms with Crippen molar-refractivity contribution in [1.29, 1.82) is 0 Å². The lowest BCUT2D eigenvalue weighted by atomic mass is 10.1. The second kappa shape index (κ2) is 5.61. The highest BCUT2D eigenvalue weighted by Crippen LogP contribution is 2.28. The lowest BCUT2D eigenvalue weighted by Gasteiger charge is -2.36. The molecule has 1 saturated heterocycles. The minimum Gasteiger partial charge on any atom is -0.480 e. The van der Waals surface area contributed by atoms with E-state index in [0.29, 0.717) is 11.3 Å². The largest absolute Gasteiger partial charge is 0.480 e. The third kappa shape index (κ3) is 3.17. The van der Waals surface area contributed by atoms with Crippen LogP contribution in [0.1, 0.15) is 26.7 Å². The van der Waals surface area contributed by atoms with Gasteiger partial charge in [0.25, 0.3) is 0 Å². The van der Waals surface area contributed by atoms with Gasteiger partial charge < -0.3 is 5.11 Å². The van der Waals surface area contributed by atoms with E-state index in [0.717, 1.165) is 13.0 Å². The van der Waals surface area contributed by atoms with Gasteiger partial charge in [-0.25, -0.2) is 0 Å². The van der Waals surface area contributed by atoms with E-state index in [1.165, 1.54) is 12.2 Å². The van der Waals surface area contributed by atoms with Crippen molar-refractivity contribution in [3.05, 3.63) is 0 Å². The maximum Gasteiger partial charge on any atom is 0.317 e. The minimum absolute atomic E-state index is 0.187. The van der Waals surface area contributed by atoms with Gasteiger partial charge in [0.2, 0.25) is 0 Å². The maximum absolute atomic E-state index is 10.7. The molecule has 0 aliphatic carbocycles. The molecule has 82 valence electrons. The van der Waals surface area contributed by atoms with Crippen LogP contribution in [-0.2, 0) is 4.79 Å². The Hall–Kier alpha value is -0.220. The number of likely N-dealkylation sites (N-methyl/N-ethyl adjacent to an activating group) is 1. The monoisotopic (exact) mass is 217 g/mol. The normalized spacial score (nSPS) is 27.9. The van der Waals surface area contributed by atoms with E-state index < -0.39 is 5.97 Å². The molecule has 1 heterocycles. The first-order valence-corrected chi connectivity index (χ1v) is 6.27. The number of rotatable bonds is 4. The van der Waals surface area contributed by atoms with E-state index >= 15 is 0 Å². The maximum atomic E-state index is 10.7. The number of hydrogen-bond acceptors (Lipinski definition) is 3. The molecule has 1 aliphatic heterocycles. The van der Waals surface area contributed by atoms with Crippen LogP contribution in [0, 0.1) is 0 Å². The first kappa shape index (κ1) is 11.9. The van der Waals surface area contributed by atoms with Crippen molar-refractivity contribution in [2.24, 2.45) is 0 Å². The standard InChI is InChI=1S/C10H19NO2S/c1-3-11(7-10(12)13)9-5-4-6-14-8(9)2/h8-9H,3-7H2,1-2H3,(H,12,13). The molecule has 2 unspecified atom stereocenters. The molecular formula is C10H19NO2S. The SMILES string of the molecule is CCN(CC(=O)O)C1CCCSC1C. The van der Waals surface area contributed by atoms with Crippen LogP contribution < -0.4 is 0 Å². The summed E-state index contributed by atoms with van der Waals surface area (Å²) in [5, 5.41) is 9.36. The topological polar surface area (TPSA) is 40.5 Å². The number of aliphatic carboxylic acids is 1. The van der Waals surface area contributed by atoms with Crippen LogP contribution in [0.4, 0.5) is 0 Å². The first-order chi connectivity index (χ1) is 6.65. The van der Waals surface area contributed by atoms with E-state index in [1.807, 2.05) is 18.7 Å². The summed E-state index contributed by atoms with van der Waals surface area (Å²) in [6, 6.07) is 0.454. The van der Waals surface area contributed by atoms with Crippen molar-refractivity contribution in [2.45, 2.75) is 38.0 Å². The molecule has 1 fully saturated rings. The molecule has 2 atom stereocenters. The molecule has 0 aromatic heterocycles. The highest BCUT2D eigenvalue weighted by molar-refractivity contribution is 7.99. The van der Waals surface area contributed by atoms with Crippen molar-refractivity contribution in [1.82, 2.24) is 4.90 Å². The van der Waals surface area contributed by atoms with E-state index in [-0.39, 0.29) is 6.54 Å². The Bertz CT molecular complexity index is 199. The summed E-state index contributed by atoms with van der Waals surface area (Å²) >= 11 is 1.96. The molecular weight excluding hydrogens is 198 g/mol. The fourth-order valence-corrected chi connectivity index (χ4v) is 3.26. The molecule has 0 aromatic rings. The fraction of sp³-hybridized carbons (Fsp3) is 0.900. The lowest BCUT2D eigenvalue weighted by Crippen LogP contribution is -2.45. The molecule has 3 nitrogen and oxygen atoms in total. The van der Waals surface area contributed by atoms with Crippen molar-refractivity contribution < 1.29 is 9.90 Å². The number of carboxylic acids is 1. The van der Waals surface area contributed by atoms with Gasteiger partial charge in [0.05, 0.1) is 6.54 Å². The first-order valence-electron chi connectivity index (χ1n) is 5.22. The lowest BCUT2D eigenvalue weighted by molar-refractivity contribution is -0.138. The molecule has 4 heteroatoms. The Kier molecular flexibility index (Phi) is 4.75. The van der Waals surface area contributed by atoms with E-state index in [2.05, 4.69) is 11.8 Å². The van der Waals surface area contributed by atoms with Gasteiger partial charge in [0.1, 0.15) is 0 Å². The second-order valence-corrected chi connectivity index (χ2v) is 5.23. The van der Waals surface area contributed by atoms with Gasteiger partial charge in [0.15, 0.2) is 0 Å². The molecule has 0 amide bonds. The average Bonchev–Trinajstić information content (AvgIpc) is 2.15. The summed E-state index contributed by atoms with van der Waals surface area (Å²) in [7, 11) is 0. The Balaban J connectivity index is 2.52. The van der Waals surface area contributed by atoms with Crippen LogP contribution >= 0.6 is 11.8 Å². The van der Waals surface area contributed by atoms with Crippen molar-refractivity contribution in [3.63, 3.8) is 0 Å². The van der Waals surface area contributed by atoms with Gasteiger partial charge in [-0.15, -0.1) is 0 Å². The third-order valence-corrected chi connectivity index (χ3v) is 4.14. The summed E-state index contributed by atoms with van der Waals surface area (Å²) in [4.78, 5) is 12.8. The van der Waals surface area contributed by atoms with Crippen LogP contribution in [-0.4, -0.2) is 46.1 Å². The molecule has 0 aromatic carbocycles. The van der Waals surface area contributed by atoms with Crippen molar-refractivity contribution >= 4 is 17.7 Å². The van der Waals surface area contributed by atoms with Crippen LogP contribution in [0.25, 0.3) is 0 Å². The Labute approximate surface area is 89.9 Å². The van der Waals surface area contributed by atoms with Crippen LogP contribution in [0.5, 0.6) is 0 Å². The molecule has 1 rings (SSSR count). The predicted molar refractivity (Wildman–Crippen MR) is 59.8 cm³/mol. The molecule has 0 saturated carbocycles. The second-order valence-electron chi connectivity index (χ2n) is 3.74. The highest BCUT2D eigenvalue weighted by atomic mass is 32.2. The predicted octanol–water partition coefficient (Wildman–Crippen LogP) is 1.68. The zero-order chi connectivity index (χ0) is 10.6. The van der Waals surface area contributed by atoms with E-state index in [1.54, 1.807) is 0 Å². The van der Waals surface area contributed by atoms with Gasteiger partial charge in [-0.05, 0) is 25.1 Å². The van der Waals surface area contributed by atoms with E-state index in [9.17, 15) is 4.79 Å². The van der Waals surface area contributed by atoms with Gasteiger partial charge in [-0.3, -0.25) is 9.69 Å². The van der Waals surface area contributed by atoms with Crippen molar-refractivity contribution in [2.75, 3.05) is 18.8 Å². The molecule has 0 radical (unpaired) electrons. The molecule has 1 N–H and O–H groups in total. The van der Waals surface area contributed by atoms with Crippen LogP contribution in [0.2, 0.25) is 0 Å². The summed E-state index contributed by atoms with van der Waals surface area (Å²) in [6.45, 7) is 5.27. The number of hydrogen-bond donors (Lipinski definition) is 1. The van der Waals surface area contributed by atoms with Crippen LogP contribution in [0.3, 0.4) is 0 Å². The van der Waals surface area contributed by atoms with Gasteiger partial charge in [-0.2, -0.15) is 11.8 Å². The zero-order valence-electron chi connectivity index (χ0n) is 8.90. The molecule has 0 bridgehead atoms. The number of carboxylic acid groups (broad SMARTS) is 1. The highest BCUT2D eigenvalue weighted by Gasteiger charge is 2.27. The fourth-order valence-electron chi connectivity index (χ4n) is 2.02. The number of carbonyl (C=O) groups is 1. The Morgan fingerprint density at radius 3 is 2.86 bits per heavy atom. The number of thioether (sulfide) groups is 1. The summed E-state index contributed by atoms with van der Waals surface area (Å²) < 4.78 is 0. The Morgan fingerprint density at radius 1 is 1.64 bits per heavy atom. The summed E-state index contributed by atoms with van der Waals surface area (Å²) in [6.07, 6.45) is 2.37. The van der Waals surface area contributed by atoms with Gasteiger partial charge in [0, 0.05) is 11.3 Å². The van der Waals surface area contributed by atoms with Gasteiger partial charge >= 0.3 is 5.97 Å². The summed E-state index contributed by atoms with van der Waals surface area (Å²) in [5.74, 6) is 0.511. The smallest absolute Gasteiger partial charge is 0.317 e. The van der Waals surface area contributed by atoms with Crippen LogP contribution in [0.15, 0.2) is 0 Å². The van der Waals surface area contributed by atoms with E-state index in [4.69, 9.17) is 5.11 Å². The number of nitrogens with zero attached hydrogens (tertiary/aromatic N) is 1. The van der Waals surface area contributed by atoms with Crippen molar-refractivity contribution in [3.8, 4) is 0 Å². The Morgan fingerprint density at radius 2 is 2.36 bits per heavy atom. The molecule has 0 spiro atoms. The van der Waals surface area contributed by atoms with Gasteiger partial charge in [-0.1, -0.05) is 13.8 Å². The average molecular weight is 217 g/mol. The summed E-state index contributed by atoms with van der Waals surface area (Å²) in [5.41, 5.74) is 0. The minimum atomic E-state index is -0.713. The molecule has 1 aliphatic rings.